The number of aryl methyl sites for hydroxylation is 2. The van der Waals surface area contributed by atoms with Crippen LogP contribution in [0, 0.1) is 20.8 Å². The first-order chi connectivity index (χ1) is 18.1. The first-order valence-corrected chi connectivity index (χ1v) is 14.3. The van der Waals surface area contributed by atoms with Gasteiger partial charge in [0.1, 0.15) is 12.6 Å². The molecule has 0 unspecified atom stereocenters. The van der Waals surface area contributed by atoms with E-state index >= 15 is 0 Å². The summed E-state index contributed by atoms with van der Waals surface area (Å²) in [4.78, 5) is 28.4. The molecular formula is C30H37N3O4S. The number of anilines is 1. The Hall–Kier alpha value is -3.65. The van der Waals surface area contributed by atoms with Gasteiger partial charge < -0.3 is 10.2 Å². The Morgan fingerprint density at radius 3 is 2.18 bits per heavy atom. The lowest BCUT2D eigenvalue weighted by Crippen LogP contribution is -2.51. The van der Waals surface area contributed by atoms with Gasteiger partial charge >= 0.3 is 0 Å². The van der Waals surface area contributed by atoms with Crippen molar-refractivity contribution in [2.75, 3.05) is 17.4 Å². The number of nitrogens with one attached hydrogen (secondary N) is 1. The van der Waals surface area contributed by atoms with Crippen molar-refractivity contribution in [3.05, 3.63) is 95.1 Å². The first-order valence-electron chi connectivity index (χ1n) is 12.8. The predicted molar refractivity (Wildman–Crippen MR) is 151 cm³/mol. The standard InChI is InChI=1S/C30H37N3O4S/c1-6-19-31-30(35)25(5)32(20-26-12-8-7-9-13-26)29(34)21-33(28-14-10-11-23(3)24(28)4)38(36,37)27-17-15-22(2)16-18-27/h7-18,25H,6,19-21H2,1-5H3,(H,31,35)/t25-/m0/s1. The lowest BCUT2D eigenvalue weighted by atomic mass is 10.1. The minimum atomic E-state index is -4.09. The molecule has 1 atom stereocenters. The van der Waals surface area contributed by atoms with E-state index in [1.807, 2.05) is 64.1 Å². The van der Waals surface area contributed by atoms with Crippen LogP contribution >= 0.6 is 0 Å². The number of carbonyl (C=O) groups excluding carboxylic acids is 2. The summed E-state index contributed by atoms with van der Waals surface area (Å²) >= 11 is 0. The molecule has 0 aliphatic rings. The van der Waals surface area contributed by atoms with Gasteiger partial charge in [-0.2, -0.15) is 0 Å². The van der Waals surface area contributed by atoms with Crippen molar-refractivity contribution in [2.24, 2.45) is 0 Å². The van der Waals surface area contributed by atoms with Gasteiger partial charge in [-0.25, -0.2) is 8.42 Å². The Bertz CT molecular complexity index is 1360. The van der Waals surface area contributed by atoms with E-state index in [0.717, 1.165) is 33.0 Å². The van der Waals surface area contributed by atoms with Crippen LogP contribution in [-0.2, 0) is 26.2 Å². The van der Waals surface area contributed by atoms with Crippen LogP contribution in [0.5, 0.6) is 0 Å². The molecule has 0 aliphatic carbocycles. The third-order valence-electron chi connectivity index (χ3n) is 6.64. The summed E-state index contributed by atoms with van der Waals surface area (Å²) in [6, 6.07) is 20.5. The van der Waals surface area contributed by atoms with Crippen LogP contribution in [0.2, 0.25) is 0 Å². The van der Waals surface area contributed by atoms with Crippen molar-refractivity contribution in [1.29, 1.82) is 0 Å². The summed E-state index contributed by atoms with van der Waals surface area (Å²) in [6.07, 6.45) is 0.764. The van der Waals surface area contributed by atoms with Gasteiger partial charge in [0.25, 0.3) is 10.0 Å². The van der Waals surface area contributed by atoms with E-state index in [0.29, 0.717) is 12.2 Å². The van der Waals surface area contributed by atoms with Gasteiger partial charge in [-0.05, 0) is 69.0 Å². The largest absolute Gasteiger partial charge is 0.354 e. The van der Waals surface area contributed by atoms with Crippen LogP contribution in [0.15, 0.2) is 77.7 Å². The maximum absolute atomic E-state index is 13.9. The average molecular weight is 536 g/mol. The molecule has 0 aliphatic heterocycles. The number of amides is 2. The van der Waals surface area contributed by atoms with Gasteiger partial charge in [0.2, 0.25) is 11.8 Å². The molecule has 202 valence electrons. The molecule has 0 bridgehead atoms. The molecule has 3 aromatic rings. The fraction of sp³-hybridized carbons (Fsp3) is 0.333. The van der Waals surface area contributed by atoms with Crippen molar-refractivity contribution in [3.63, 3.8) is 0 Å². The van der Waals surface area contributed by atoms with Crippen LogP contribution in [0.3, 0.4) is 0 Å². The molecule has 0 radical (unpaired) electrons. The SMILES string of the molecule is CCCNC(=O)[C@H](C)N(Cc1ccccc1)C(=O)CN(c1cccc(C)c1C)S(=O)(=O)c1ccc(C)cc1. The van der Waals surface area contributed by atoms with E-state index in [1.54, 1.807) is 43.3 Å². The third-order valence-corrected chi connectivity index (χ3v) is 8.42. The average Bonchev–Trinajstić information content (AvgIpc) is 2.91. The highest BCUT2D eigenvalue weighted by Crippen LogP contribution is 2.29. The summed E-state index contributed by atoms with van der Waals surface area (Å²) in [5.41, 5.74) is 3.88. The minimum absolute atomic E-state index is 0.0974. The molecule has 0 aromatic heterocycles. The Kier molecular flexibility index (Phi) is 9.69. The summed E-state index contributed by atoms with van der Waals surface area (Å²) in [6.45, 7) is 9.47. The number of rotatable bonds is 11. The van der Waals surface area contributed by atoms with Gasteiger partial charge in [0.15, 0.2) is 0 Å². The topological polar surface area (TPSA) is 86.8 Å². The summed E-state index contributed by atoms with van der Waals surface area (Å²) in [5.74, 6) is -0.750. The molecule has 3 aromatic carbocycles. The number of nitrogens with zero attached hydrogens (tertiary/aromatic N) is 2. The van der Waals surface area contributed by atoms with Gasteiger partial charge in [-0.3, -0.25) is 13.9 Å². The lowest BCUT2D eigenvalue weighted by Gasteiger charge is -2.32. The number of sulfonamides is 1. The maximum atomic E-state index is 13.9. The fourth-order valence-electron chi connectivity index (χ4n) is 4.12. The quantitative estimate of drug-likeness (QED) is 0.384. The zero-order valence-corrected chi connectivity index (χ0v) is 23.6. The minimum Gasteiger partial charge on any atom is -0.354 e. The van der Waals surface area contributed by atoms with E-state index in [1.165, 1.54) is 4.90 Å². The highest BCUT2D eigenvalue weighted by Gasteiger charge is 2.33. The third kappa shape index (κ3) is 6.81. The predicted octanol–water partition coefficient (Wildman–Crippen LogP) is 4.75. The number of benzene rings is 3. The number of carbonyl (C=O) groups is 2. The lowest BCUT2D eigenvalue weighted by molar-refractivity contribution is -0.139. The van der Waals surface area contributed by atoms with E-state index in [-0.39, 0.29) is 17.3 Å². The summed E-state index contributed by atoms with van der Waals surface area (Å²) in [5, 5.41) is 2.85. The molecule has 0 heterocycles. The summed E-state index contributed by atoms with van der Waals surface area (Å²) < 4.78 is 29.1. The van der Waals surface area contributed by atoms with Crippen LogP contribution in [0.1, 0.15) is 42.5 Å². The van der Waals surface area contributed by atoms with Gasteiger partial charge in [0.05, 0.1) is 10.6 Å². The molecule has 38 heavy (non-hydrogen) atoms. The molecule has 7 nitrogen and oxygen atoms in total. The first kappa shape index (κ1) is 28.9. The zero-order valence-electron chi connectivity index (χ0n) is 22.8. The molecule has 0 saturated carbocycles. The highest BCUT2D eigenvalue weighted by atomic mass is 32.2. The van der Waals surface area contributed by atoms with Gasteiger partial charge in [-0.15, -0.1) is 0 Å². The Balaban J connectivity index is 2.05. The van der Waals surface area contributed by atoms with Crippen LogP contribution < -0.4 is 9.62 Å². The van der Waals surface area contributed by atoms with Crippen molar-refractivity contribution < 1.29 is 18.0 Å². The van der Waals surface area contributed by atoms with Crippen LogP contribution in [0.4, 0.5) is 5.69 Å². The van der Waals surface area contributed by atoms with E-state index in [4.69, 9.17) is 0 Å². The Morgan fingerprint density at radius 2 is 1.55 bits per heavy atom. The molecular weight excluding hydrogens is 498 g/mol. The van der Waals surface area contributed by atoms with Crippen LogP contribution in [0.25, 0.3) is 0 Å². The normalized spacial score (nSPS) is 12.0. The molecule has 2 amide bonds. The number of hydrogen-bond donors (Lipinski definition) is 1. The van der Waals surface area contributed by atoms with E-state index in [2.05, 4.69) is 5.32 Å². The van der Waals surface area contributed by atoms with Gasteiger partial charge in [0, 0.05) is 13.1 Å². The molecule has 1 N–H and O–H groups in total. The Labute approximate surface area is 226 Å². The highest BCUT2D eigenvalue weighted by molar-refractivity contribution is 7.92. The second-order valence-electron chi connectivity index (χ2n) is 9.52. The molecule has 8 heteroatoms. The zero-order chi connectivity index (χ0) is 27.9. The van der Waals surface area contributed by atoms with Crippen molar-refractivity contribution in [2.45, 2.75) is 58.5 Å². The molecule has 0 spiro atoms. The smallest absolute Gasteiger partial charge is 0.264 e. The van der Waals surface area contributed by atoms with Crippen LogP contribution in [-0.4, -0.2) is 44.3 Å². The van der Waals surface area contributed by atoms with Crippen molar-refractivity contribution >= 4 is 27.5 Å². The Morgan fingerprint density at radius 1 is 0.895 bits per heavy atom. The van der Waals surface area contributed by atoms with Crippen molar-refractivity contribution in [1.82, 2.24) is 10.2 Å². The fourth-order valence-corrected chi connectivity index (χ4v) is 5.59. The van der Waals surface area contributed by atoms with E-state index in [9.17, 15) is 18.0 Å². The maximum Gasteiger partial charge on any atom is 0.264 e. The monoisotopic (exact) mass is 535 g/mol. The molecule has 3 rings (SSSR count). The summed E-state index contributed by atoms with van der Waals surface area (Å²) in [7, 11) is -4.09. The molecule has 0 fully saturated rings. The van der Waals surface area contributed by atoms with Gasteiger partial charge in [-0.1, -0.05) is 67.1 Å². The van der Waals surface area contributed by atoms with Crippen molar-refractivity contribution in [3.8, 4) is 0 Å². The molecule has 0 saturated heterocycles. The number of hydrogen-bond acceptors (Lipinski definition) is 4. The second-order valence-corrected chi connectivity index (χ2v) is 11.4. The second kappa shape index (κ2) is 12.7. The van der Waals surface area contributed by atoms with E-state index < -0.39 is 28.5 Å².